The second-order valence-electron chi connectivity index (χ2n) is 6.29. The monoisotopic (exact) mass is 343 g/mol. The minimum atomic E-state index is -0.105. The maximum atomic E-state index is 11.1. The lowest BCUT2D eigenvalue weighted by Gasteiger charge is -2.14. The Labute approximate surface area is 147 Å². The van der Waals surface area contributed by atoms with Crippen molar-refractivity contribution in [1.82, 2.24) is 15.0 Å². The Hall–Kier alpha value is -2.90. The maximum Gasteiger partial charge on any atom is 0.233 e. The van der Waals surface area contributed by atoms with Crippen LogP contribution in [0.1, 0.15) is 34.6 Å². The summed E-state index contributed by atoms with van der Waals surface area (Å²) in [6, 6.07) is 7.73. The van der Waals surface area contributed by atoms with E-state index in [-0.39, 0.29) is 18.0 Å². The number of amides is 1. The average Bonchev–Trinajstić information content (AvgIpc) is 2.47. The van der Waals surface area contributed by atoms with E-state index >= 15 is 0 Å². The van der Waals surface area contributed by atoms with E-state index in [0.29, 0.717) is 17.8 Å². The summed E-state index contributed by atoms with van der Waals surface area (Å²) < 4.78 is 0. The number of benzene rings is 1. The number of hydrogen-bond acceptors (Lipinski definition) is 7. The molecule has 0 bridgehead atoms. The lowest BCUT2D eigenvalue weighted by Crippen LogP contribution is -2.18. The fourth-order valence-electron chi connectivity index (χ4n) is 2.05. The third-order valence-electron chi connectivity index (χ3n) is 2.93. The van der Waals surface area contributed by atoms with Crippen molar-refractivity contribution >= 4 is 35.1 Å². The molecule has 1 heterocycles. The van der Waals surface area contributed by atoms with Crippen molar-refractivity contribution < 1.29 is 4.79 Å². The zero-order valence-corrected chi connectivity index (χ0v) is 15.2. The number of carbonyl (C=O) groups excluding carboxylic acids is 1. The molecule has 2 rings (SSSR count). The molecular formula is C17H25N7O. The van der Waals surface area contributed by atoms with E-state index in [1.807, 2.05) is 52.0 Å². The molecule has 8 nitrogen and oxygen atoms in total. The molecule has 4 N–H and O–H groups in total. The van der Waals surface area contributed by atoms with Gasteiger partial charge in [0.15, 0.2) is 0 Å². The van der Waals surface area contributed by atoms with E-state index < -0.39 is 0 Å². The molecule has 0 fully saturated rings. The molecule has 25 heavy (non-hydrogen) atoms. The Bertz CT molecular complexity index is 685. The summed E-state index contributed by atoms with van der Waals surface area (Å²) in [5, 5.41) is 12.3. The summed E-state index contributed by atoms with van der Waals surface area (Å²) in [4.78, 5) is 24.2. The van der Waals surface area contributed by atoms with Crippen LogP contribution in [0.5, 0.6) is 0 Å². The molecule has 2 aromatic rings. The largest absolute Gasteiger partial charge is 0.352 e. The van der Waals surface area contributed by atoms with Gasteiger partial charge < -0.3 is 21.3 Å². The van der Waals surface area contributed by atoms with E-state index in [4.69, 9.17) is 0 Å². The molecule has 0 saturated carbocycles. The molecule has 0 atom stereocenters. The number of hydrogen-bond donors (Lipinski definition) is 4. The van der Waals surface area contributed by atoms with Gasteiger partial charge in [-0.25, -0.2) is 0 Å². The predicted molar refractivity (Wildman–Crippen MR) is 101 cm³/mol. The molecule has 1 amide bonds. The van der Waals surface area contributed by atoms with Crippen molar-refractivity contribution in [2.24, 2.45) is 0 Å². The van der Waals surface area contributed by atoms with Crippen LogP contribution in [0.3, 0.4) is 0 Å². The fourth-order valence-corrected chi connectivity index (χ4v) is 2.05. The highest BCUT2D eigenvalue weighted by Gasteiger charge is 2.09. The van der Waals surface area contributed by atoms with Crippen molar-refractivity contribution in [3.05, 3.63) is 24.3 Å². The summed E-state index contributed by atoms with van der Waals surface area (Å²) in [5.41, 5.74) is 1.55. The molecule has 1 aromatic carbocycles. The summed E-state index contributed by atoms with van der Waals surface area (Å²) in [5.74, 6) is 1.34. The SMILES string of the molecule is CC(=O)Nc1ccc(Nc2nc(NC(C)C)nc(NC(C)C)n2)cc1. The first-order valence-electron chi connectivity index (χ1n) is 8.25. The summed E-state index contributed by atoms with van der Waals surface area (Å²) in [7, 11) is 0. The van der Waals surface area contributed by atoms with Gasteiger partial charge in [-0.2, -0.15) is 15.0 Å². The van der Waals surface area contributed by atoms with Crippen LogP contribution in [-0.2, 0) is 4.79 Å². The first kappa shape index (κ1) is 18.4. The molecule has 1 aromatic heterocycles. The molecule has 0 saturated heterocycles. The van der Waals surface area contributed by atoms with E-state index in [2.05, 4.69) is 36.2 Å². The van der Waals surface area contributed by atoms with Crippen LogP contribution < -0.4 is 21.3 Å². The standard InChI is InChI=1S/C17H25N7O/c1-10(2)18-15-22-16(19-11(3)4)24-17(23-15)21-14-8-6-13(7-9-14)20-12(5)25/h6-11H,1-5H3,(H,20,25)(H3,18,19,21,22,23,24). The van der Waals surface area contributed by atoms with Crippen LogP contribution in [-0.4, -0.2) is 32.9 Å². The highest BCUT2D eigenvalue weighted by atomic mass is 16.1. The number of rotatable bonds is 7. The van der Waals surface area contributed by atoms with Crippen molar-refractivity contribution in [3.63, 3.8) is 0 Å². The van der Waals surface area contributed by atoms with Crippen LogP contribution in [0.4, 0.5) is 29.2 Å². The molecule has 0 aliphatic heterocycles. The summed E-state index contributed by atoms with van der Waals surface area (Å²) >= 11 is 0. The highest BCUT2D eigenvalue weighted by Crippen LogP contribution is 2.19. The molecule has 0 aliphatic carbocycles. The Morgan fingerprint density at radius 1 is 0.800 bits per heavy atom. The Balaban J connectivity index is 2.20. The van der Waals surface area contributed by atoms with E-state index in [1.165, 1.54) is 6.92 Å². The van der Waals surface area contributed by atoms with Gasteiger partial charge in [-0.05, 0) is 52.0 Å². The van der Waals surface area contributed by atoms with E-state index in [1.54, 1.807) is 0 Å². The van der Waals surface area contributed by atoms with E-state index in [9.17, 15) is 4.79 Å². The van der Waals surface area contributed by atoms with Crippen LogP contribution in [0.15, 0.2) is 24.3 Å². The molecule has 0 unspecified atom stereocenters. The zero-order valence-electron chi connectivity index (χ0n) is 15.2. The topological polar surface area (TPSA) is 104 Å². The normalized spacial score (nSPS) is 10.7. The average molecular weight is 343 g/mol. The quantitative estimate of drug-likeness (QED) is 0.612. The Morgan fingerprint density at radius 3 is 1.68 bits per heavy atom. The van der Waals surface area contributed by atoms with Gasteiger partial charge >= 0.3 is 0 Å². The molecule has 0 aliphatic rings. The Kier molecular flexibility index (Phi) is 6.10. The molecule has 8 heteroatoms. The number of carbonyl (C=O) groups is 1. The fraction of sp³-hybridized carbons (Fsp3) is 0.412. The van der Waals surface area contributed by atoms with Crippen molar-refractivity contribution in [1.29, 1.82) is 0 Å². The third-order valence-corrected chi connectivity index (χ3v) is 2.93. The summed E-state index contributed by atoms with van der Waals surface area (Å²) in [6.45, 7) is 9.56. The second-order valence-corrected chi connectivity index (χ2v) is 6.29. The van der Waals surface area contributed by atoms with Gasteiger partial charge in [0.1, 0.15) is 0 Å². The van der Waals surface area contributed by atoms with Crippen LogP contribution in [0.25, 0.3) is 0 Å². The minimum Gasteiger partial charge on any atom is -0.352 e. The smallest absolute Gasteiger partial charge is 0.233 e. The number of nitrogens with one attached hydrogen (secondary N) is 4. The van der Waals surface area contributed by atoms with Gasteiger partial charge in [0, 0.05) is 30.4 Å². The lowest BCUT2D eigenvalue weighted by atomic mass is 10.3. The number of aromatic nitrogens is 3. The molecule has 0 radical (unpaired) electrons. The third kappa shape index (κ3) is 6.25. The number of nitrogens with zero attached hydrogens (tertiary/aromatic N) is 3. The van der Waals surface area contributed by atoms with Crippen molar-refractivity contribution in [3.8, 4) is 0 Å². The van der Waals surface area contributed by atoms with Crippen molar-refractivity contribution in [2.75, 3.05) is 21.3 Å². The van der Waals surface area contributed by atoms with Crippen LogP contribution in [0, 0.1) is 0 Å². The van der Waals surface area contributed by atoms with E-state index in [0.717, 1.165) is 11.4 Å². The highest BCUT2D eigenvalue weighted by molar-refractivity contribution is 5.88. The van der Waals surface area contributed by atoms with Crippen LogP contribution in [0.2, 0.25) is 0 Å². The van der Waals surface area contributed by atoms with Gasteiger partial charge in [0.25, 0.3) is 0 Å². The van der Waals surface area contributed by atoms with Gasteiger partial charge in [-0.3, -0.25) is 4.79 Å². The second kappa shape index (κ2) is 8.27. The first-order chi connectivity index (χ1) is 11.8. The minimum absolute atomic E-state index is 0.105. The van der Waals surface area contributed by atoms with Crippen LogP contribution >= 0.6 is 0 Å². The first-order valence-corrected chi connectivity index (χ1v) is 8.25. The van der Waals surface area contributed by atoms with Crippen molar-refractivity contribution in [2.45, 2.75) is 46.7 Å². The predicted octanol–water partition coefficient (Wildman–Crippen LogP) is 3.21. The maximum absolute atomic E-state index is 11.1. The van der Waals surface area contributed by atoms with Gasteiger partial charge in [-0.1, -0.05) is 0 Å². The van der Waals surface area contributed by atoms with Gasteiger partial charge in [0.05, 0.1) is 0 Å². The molecular weight excluding hydrogens is 318 g/mol. The summed E-state index contributed by atoms with van der Waals surface area (Å²) in [6.07, 6.45) is 0. The molecule has 0 spiro atoms. The number of anilines is 5. The molecule has 134 valence electrons. The van der Waals surface area contributed by atoms with Gasteiger partial charge in [0.2, 0.25) is 23.8 Å². The Morgan fingerprint density at radius 2 is 1.24 bits per heavy atom. The lowest BCUT2D eigenvalue weighted by molar-refractivity contribution is -0.114. The zero-order chi connectivity index (χ0) is 18.4. The van der Waals surface area contributed by atoms with Gasteiger partial charge in [-0.15, -0.1) is 0 Å².